The summed E-state index contributed by atoms with van der Waals surface area (Å²) in [5.41, 5.74) is -0.929. The van der Waals surface area contributed by atoms with Crippen molar-refractivity contribution < 1.29 is 22.7 Å². The molecule has 0 fully saturated rings. The fourth-order valence-corrected chi connectivity index (χ4v) is 1.18. The van der Waals surface area contributed by atoms with Crippen molar-refractivity contribution in [1.29, 1.82) is 0 Å². The van der Waals surface area contributed by atoms with E-state index in [0.29, 0.717) is 12.7 Å². The minimum Gasteiger partial charge on any atom is -0.493 e. The zero-order valence-corrected chi connectivity index (χ0v) is 8.67. The average molecular weight is 232 g/mol. The molecule has 16 heavy (non-hydrogen) atoms. The Morgan fingerprint density at radius 3 is 2.56 bits per heavy atom. The molecule has 0 saturated carbocycles. The SMILES string of the molecule is CCCOc1ccc(C=O)cc1C(F)(F)F. The first kappa shape index (κ1) is 12.5. The van der Waals surface area contributed by atoms with Gasteiger partial charge in [-0.25, -0.2) is 0 Å². The molecule has 0 aliphatic heterocycles. The Morgan fingerprint density at radius 2 is 2.06 bits per heavy atom. The molecule has 0 spiro atoms. The summed E-state index contributed by atoms with van der Waals surface area (Å²) in [4.78, 5) is 10.4. The van der Waals surface area contributed by atoms with Crippen LogP contribution >= 0.6 is 0 Å². The number of halogens is 3. The fourth-order valence-electron chi connectivity index (χ4n) is 1.18. The number of rotatable bonds is 4. The van der Waals surface area contributed by atoms with Gasteiger partial charge in [-0.2, -0.15) is 13.2 Å². The number of benzene rings is 1. The molecule has 0 amide bonds. The lowest BCUT2D eigenvalue weighted by atomic mass is 10.1. The topological polar surface area (TPSA) is 26.3 Å². The van der Waals surface area contributed by atoms with Gasteiger partial charge >= 0.3 is 6.18 Å². The smallest absolute Gasteiger partial charge is 0.419 e. The Kier molecular flexibility index (Phi) is 3.93. The van der Waals surface area contributed by atoms with Crippen molar-refractivity contribution in [3.63, 3.8) is 0 Å². The molecule has 0 heterocycles. The van der Waals surface area contributed by atoms with Gasteiger partial charge in [0, 0.05) is 5.56 Å². The maximum Gasteiger partial charge on any atom is 0.419 e. The minimum atomic E-state index is -4.51. The quantitative estimate of drug-likeness (QED) is 0.744. The third-order valence-corrected chi connectivity index (χ3v) is 1.91. The largest absolute Gasteiger partial charge is 0.493 e. The van der Waals surface area contributed by atoms with Crippen LogP contribution in [0, 0.1) is 0 Å². The average Bonchev–Trinajstić information content (AvgIpc) is 2.25. The zero-order valence-electron chi connectivity index (χ0n) is 8.67. The lowest BCUT2D eigenvalue weighted by Crippen LogP contribution is -2.09. The van der Waals surface area contributed by atoms with Crippen LogP contribution in [0.15, 0.2) is 18.2 Å². The number of carbonyl (C=O) groups is 1. The summed E-state index contributed by atoms with van der Waals surface area (Å²) in [6.45, 7) is 2.01. The predicted octanol–water partition coefficient (Wildman–Crippen LogP) is 3.31. The number of ether oxygens (including phenoxy) is 1. The van der Waals surface area contributed by atoms with Crippen LogP contribution in [-0.2, 0) is 6.18 Å². The van der Waals surface area contributed by atoms with Crippen molar-refractivity contribution in [3.05, 3.63) is 29.3 Å². The summed E-state index contributed by atoms with van der Waals surface area (Å²) in [7, 11) is 0. The minimum absolute atomic E-state index is 0.0174. The van der Waals surface area contributed by atoms with E-state index < -0.39 is 11.7 Å². The van der Waals surface area contributed by atoms with E-state index in [2.05, 4.69) is 0 Å². The van der Waals surface area contributed by atoms with Gasteiger partial charge in [0.2, 0.25) is 0 Å². The molecule has 1 rings (SSSR count). The monoisotopic (exact) mass is 232 g/mol. The van der Waals surface area contributed by atoms with E-state index in [1.54, 1.807) is 6.92 Å². The van der Waals surface area contributed by atoms with Gasteiger partial charge in [0.25, 0.3) is 0 Å². The highest BCUT2D eigenvalue weighted by Crippen LogP contribution is 2.36. The van der Waals surface area contributed by atoms with E-state index in [1.807, 2.05) is 0 Å². The van der Waals surface area contributed by atoms with Gasteiger partial charge in [-0.05, 0) is 24.6 Å². The van der Waals surface area contributed by atoms with E-state index in [-0.39, 0.29) is 17.9 Å². The molecule has 1 aromatic rings. The number of hydrogen-bond donors (Lipinski definition) is 0. The highest BCUT2D eigenvalue weighted by molar-refractivity contribution is 5.75. The Labute approximate surface area is 91.0 Å². The van der Waals surface area contributed by atoms with Gasteiger partial charge in [-0.1, -0.05) is 6.92 Å². The van der Waals surface area contributed by atoms with E-state index in [1.165, 1.54) is 12.1 Å². The van der Waals surface area contributed by atoms with Gasteiger partial charge < -0.3 is 4.74 Å². The van der Waals surface area contributed by atoms with E-state index in [4.69, 9.17) is 4.74 Å². The van der Waals surface area contributed by atoms with Gasteiger partial charge in [0.05, 0.1) is 12.2 Å². The number of carbonyl (C=O) groups excluding carboxylic acids is 1. The van der Waals surface area contributed by atoms with Gasteiger partial charge in [0.1, 0.15) is 12.0 Å². The van der Waals surface area contributed by atoms with Crippen molar-refractivity contribution >= 4 is 6.29 Å². The second-order valence-electron chi connectivity index (χ2n) is 3.22. The van der Waals surface area contributed by atoms with Crippen molar-refractivity contribution in [2.24, 2.45) is 0 Å². The fraction of sp³-hybridized carbons (Fsp3) is 0.364. The van der Waals surface area contributed by atoms with Crippen molar-refractivity contribution in [2.75, 3.05) is 6.61 Å². The molecule has 0 unspecified atom stereocenters. The molecule has 0 aliphatic rings. The number of aldehydes is 1. The van der Waals surface area contributed by atoms with Crippen LogP contribution in [0.4, 0.5) is 13.2 Å². The van der Waals surface area contributed by atoms with E-state index in [9.17, 15) is 18.0 Å². The lowest BCUT2D eigenvalue weighted by Gasteiger charge is -2.13. The molecule has 0 aromatic heterocycles. The van der Waals surface area contributed by atoms with Crippen LogP contribution in [-0.4, -0.2) is 12.9 Å². The van der Waals surface area contributed by atoms with Crippen LogP contribution in [0.3, 0.4) is 0 Å². The van der Waals surface area contributed by atoms with Crippen molar-refractivity contribution in [2.45, 2.75) is 19.5 Å². The molecule has 88 valence electrons. The summed E-state index contributed by atoms with van der Waals surface area (Å²) >= 11 is 0. The molecule has 5 heteroatoms. The van der Waals surface area contributed by atoms with Crippen LogP contribution < -0.4 is 4.74 Å². The maximum atomic E-state index is 12.6. The summed E-state index contributed by atoms with van der Waals surface area (Å²) in [5.74, 6) is -0.236. The molecule has 0 saturated heterocycles. The molecular weight excluding hydrogens is 221 g/mol. The second kappa shape index (κ2) is 5.01. The van der Waals surface area contributed by atoms with Crippen LogP contribution in [0.1, 0.15) is 29.3 Å². The second-order valence-corrected chi connectivity index (χ2v) is 3.22. The first-order valence-electron chi connectivity index (χ1n) is 4.78. The Balaban J connectivity index is 3.11. The molecule has 0 aliphatic carbocycles. The molecule has 0 bridgehead atoms. The summed E-state index contributed by atoms with van der Waals surface area (Å²) < 4.78 is 42.8. The van der Waals surface area contributed by atoms with E-state index in [0.717, 1.165) is 6.07 Å². The van der Waals surface area contributed by atoms with Crippen molar-refractivity contribution in [3.8, 4) is 5.75 Å². The molecule has 0 atom stereocenters. The molecule has 2 nitrogen and oxygen atoms in total. The Morgan fingerprint density at radius 1 is 1.38 bits per heavy atom. The van der Waals surface area contributed by atoms with Gasteiger partial charge in [0.15, 0.2) is 0 Å². The standard InChI is InChI=1S/C11H11F3O2/c1-2-5-16-10-4-3-8(7-15)6-9(10)11(12,13)14/h3-4,6-7H,2,5H2,1H3. The number of hydrogen-bond acceptors (Lipinski definition) is 2. The van der Waals surface area contributed by atoms with Crippen LogP contribution in [0.25, 0.3) is 0 Å². The third kappa shape index (κ3) is 2.98. The lowest BCUT2D eigenvalue weighted by molar-refractivity contribution is -0.138. The first-order valence-corrected chi connectivity index (χ1v) is 4.78. The maximum absolute atomic E-state index is 12.6. The van der Waals surface area contributed by atoms with Crippen molar-refractivity contribution in [1.82, 2.24) is 0 Å². The van der Waals surface area contributed by atoms with Crippen LogP contribution in [0.5, 0.6) is 5.75 Å². The summed E-state index contributed by atoms with van der Waals surface area (Å²) in [6, 6.07) is 3.26. The molecular formula is C11H11F3O2. The Hall–Kier alpha value is -1.52. The summed E-state index contributed by atoms with van der Waals surface area (Å²) in [6.07, 6.45) is -3.52. The zero-order chi connectivity index (χ0) is 12.2. The highest BCUT2D eigenvalue weighted by Gasteiger charge is 2.34. The predicted molar refractivity (Wildman–Crippen MR) is 52.6 cm³/mol. The molecule has 0 N–H and O–H groups in total. The van der Waals surface area contributed by atoms with Gasteiger partial charge in [-0.15, -0.1) is 0 Å². The normalized spacial score (nSPS) is 11.2. The summed E-state index contributed by atoms with van der Waals surface area (Å²) in [5, 5.41) is 0. The van der Waals surface area contributed by atoms with E-state index >= 15 is 0 Å². The van der Waals surface area contributed by atoms with Crippen LogP contribution in [0.2, 0.25) is 0 Å². The Bertz CT molecular complexity index is 372. The van der Waals surface area contributed by atoms with Gasteiger partial charge in [-0.3, -0.25) is 4.79 Å². The third-order valence-electron chi connectivity index (χ3n) is 1.91. The number of alkyl halides is 3. The first-order chi connectivity index (χ1) is 7.49. The molecule has 1 aromatic carbocycles. The highest BCUT2D eigenvalue weighted by atomic mass is 19.4. The molecule has 0 radical (unpaired) electrons.